The number of ether oxygens (including phenoxy) is 1. The van der Waals surface area contributed by atoms with Crippen molar-refractivity contribution in [1.29, 1.82) is 0 Å². The van der Waals surface area contributed by atoms with Crippen molar-refractivity contribution in [3.05, 3.63) is 65.3 Å². The summed E-state index contributed by atoms with van der Waals surface area (Å²) in [6.45, 7) is 0. The minimum Gasteiger partial charge on any atom is -0.497 e. The summed E-state index contributed by atoms with van der Waals surface area (Å²) in [5.74, 6) is 0.275. The molecular formula is C18H15FN2O2S. The Bertz CT molecular complexity index is 846. The summed E-state index contributed by atoms with van der Waals surface area (Å²) in [6, 6.07) is 13.5. The van der Waals surface area contributed by atoms with E-state index in [1.165, 1.54) is 23.5 Å². The van der Waals surface area contributed by atoms with Gasteiger partial charge in [-0.25, -0.2) is 9.37 Å². The highest BCUT2D eigenvalue weighted by atomic mass is 32.1. The maximum Gasteiger partial charge on any atom is 0.230 e. The number of carbonyl (C=O) groups is 1. The molecule has 3 aromatic rings. The Balaban J connectivity index is 1.65. The maximum absolute atomic E-state index is 13.0. The van der Waals surface area contributed by atoms with Crippen molar-refractivity contribution >= 4 is 22.4 Å². The molecule has 0 atom stereocenters. The molecule has 1 heterocycles. The summed E-state index contributed by atoms with van der Waals surface area (Å²) in [6.07, 6.45) is 0.239. The van der Waals surface area contributed by atoms with Crippen LogP contribution in [0.4, 0.5) is 9.52 Å². The van der Waals surface area contributed by atoms with Crippen LogP contribution in [0.3, 0.4) is 0 Å². The molecule has 1 N–H and O–H groups in total. The first kappa shape index (κ1) is 16.1. The number of carbonyl (C=O) groups excluding carboxylic acids is 1. The van der Waals surface area contributed by atoms with Crippen molar-refractivity contribution in [3.8, 4) is 17.0 Å². The average molecular weight is 342 g/mol. The van der Waals surface area contributed by atoms with Gasteiger partial charge in [0.25, 0.3) is 0 Å². The summed E-state index contributed by atoms with van der Waals surface area (Å²) in [5, 5.41) is 5.13. The Morgan fingerprint density at radius 1 is 1.25 bits per heavy atom. The van der Waals surface area contributed by atoms with Crippen molar-refractivity contribution in [1.82, 2.24) is 4.98 Å². The van der Waals surface area contributed by atoms with Gasteiger partial charge in [0, 0.05) is 10.9 Å². The fourth-order valence-electron chi connectivity index (χ4n) is 2.22. The van der Waals surface area contributed by atoms with E-state index in [2.05, 4.69) is 10.3 Å². The smallest absolute Gasteiger partial charge is 0.230 e. The van der Waals surface area contributed by atoms with Crippen molar-refractivity contribution < 1.29 is 13.9 Å². The topological polar surface area (TPSA) is 51.2 Å². The number of hydrogen-bond acceptors (Lipinski definition) is 4. The third-order valence-corrected chi connectivity index (χ3v) is 4.15. The number of anilines is 1. The number of nitrogens with zero attached hydrogens (tertiary/aromatic N) is 1. The molecule has 2 aromatic carbocycles. The molecule has 0 unspecified atom stereocenters. The SMILES string of the molecule is COc1cccc(CC(=O)Nc2nc(-c3ccc(F)cc3)cs2)c1. The first-order chi connectivity index (χ1) is 11.6. The molecular weight excluding hydrogens is 327 g/mol. The zero-order valence-electron chi connectivity index (χ0n) is 13.0. The second-order valence-electron chi connectivity index (χ2n) is 5.12. The highest BCUT2D eigenvalue weighted by Crippen LogP contribution is 2.25. The number of nitrogens with one attached hydrogen (secondary N) is 1. The Labute approximate surface area is 142 Å². The van der Waals surface area contributed by atoms with E-state index in [1.54, 1.807) is 19.2 Å². The van der Waals surface area contributed by atoms with Crippen molar-refractivity contribution in [2.45, 2.75) is 6.42 Å². The van der Waals surface area contributed by atoms with Crippen LogP contribution in [0.2, 0.25) is 0 Å². The summed E-state index contributed by atoms with van der Waals surface area (Å²) in [5.41, 5.74) is 2.37. The minimum absolute atomic E-state index is 0.150. The van der Waals surface area contributed by atoms with E-state index in [9.17, 15) is 9.18 Å². The van der Waals surface area contributed by atoms with Gasteiger partial charge in [-0.2, -0.15) is 0 Å². The van der Waals surface area contributed by atoms with Gasteiger partial charge in [-0.3, -0.25) is 4.79 Å². The molecule has 0 saturated heterocycles. The number of thiazole rings is 1. The van der Waals surface area contributed by atoms with Gasteiger partial charge < -0.3 is 10.1 Å². The zero-order valence-corrected chi connectivity index (χ0v) is 13.8. The van der Waals surface area contributed by atoms with Gasteiger partial charge >= 0.3 is 0 Å². The van der Waals surface area contributed by atoms with Crippen LogP contribution in [0, 0.1) is 5.82 Å². The van der Waals surface area contributed by atoms with E-state index in [1.807, 2.05) is 29.6 Å². The Morgan fingerprint density at radius 2 is 2.04 bits per heavy atom. The molecule has 24 heavy (non-hydrogen) atoms. The standard InChI is InChI=1S/C18H15FN2O2S/c1-23-15-4-2-3-12(9-15)10-17(22)21-18-20-16(11-24-18)13-5-7-14(19)8-6-13/h2-9,11H,10H2,1H3,(H,20,21,22). The molecule has 6 heteroatoms. The predicted octanol–water partition coefficient (Wildman–Crippen LogP) is 4.14. The summed E-state index contributed by atoms with van der Waals surface area (Å²) in [7, 11) is 1.59. The van der Waals surface area contributed by atoms with Crippen LogP contribution in [0.25, 0.3) is 11.3 Å². The minimum atomic E-state index is -0.291. The van der Waals surface area contributed by atoms with Crippen LogP contribution in [0.5, 0.6) is 5.75 Å². The number of rotatable bonds is 5. The first-order valence-electron chi connectivity index (χ1n) is 7.28. The molecule has 0 bridgehead atoms. The monoisotopic (exact) mass is 342 g/mol. The van der Waals surface area contributed by atoms with E-state index in [0.29, 0.717) is 16.6 Å². The molecule has 4 nitrogen and oxygen atoms in total. The summed E-state index contributed by atoms with van der Waals surface area (Å²) >= 11 is 1.33. The summed E-state index contributed by atoms with van der Waals surface area (Å²) in [4.78, 5) is 16.5. The van der Waals surface area contributed by atoms with E-state index in [0.717, 1.165) is 11.1 Å². The number of aromatic nitrogens is 1. The van der Waals surface area contributed by atoms with Crippen LogP contribution in [0.15, 0.2) is 53.9 Å². The Morgan fingerprint density at radius 3 is 2.79 bits per heavy atom. The second-order valence-corrected chi connectivity index (χ2v) is 5.98. The van der Waals surface area contributed by atoms with E-state index in [4.69, 9.17) is 4.74 Å². The van der Waals surface area contributed by atoms with Crippen LogP contribution < -0.4 is 10.1 Å². The molecule has 1 amide bonds. The lowest BCUT2D eigenvalue weighted by Gasteiger charge is -2.04. The molecule has 0 spiro atoms. The lowest BCUT2D eigenvalue weighted by molar-refractivity contribution is -0.115. The normalized spacial score (nSPS) is 10.4. The molecule has 0 aliphatic rings. The average Bonchev–Trinajstić information content (AvgIpc) is 3.04. The number of methoxy groups -OCH3 is 1. The van der Waals surface area contributed by atoms with Gasteiger partial charge in [0.05, 0.1) is 19.2 Å². The lowest BCUT2D eigenvalue weighted by atomic mass is 10.1. The molecule has 0 aliphatic carbocycles. The van der Waals surface area contributed by atoms with Gasteiger partial charge in [0.1, 0.15) is 11.6 Å². The van der Waals surface area contributed by atoms with Crippen molar-refractivity contribution in [2.75, 3.05) is 12.4 Å². The predicted molar refractivity (Wildman–Crippen MR) is 92.8 cm³/mol. The summed E-state index contributed by atoms with van der Waals surface area (Å²) < 4.78 is 18.1. The van der Waals surface area contributed by atoms with Crippen LogP contribution in [-0.2, 0) is 11.2 Å². The number of halogens is 1. The maximum atomic E-state index is 13.0. The highest BCUT2D eigenvalue weighted by Gasteiger charge is 2.09. The largest absolute Gasteiger partial charge is 0.497 e. The van der Waals surface area contributed by atoms with Crippen molar-refractivity contribution in [2.24, 2.45) is 0 Å². The quantitative estimate of drug-likeness (QED) is 0.758. The molecule has 1 aromatic heterocycles. The number of hydrogen-bond donors (Lipinski definition) is 1. The Hall–Kier alpha value is -2.73. The molecule has 0 saturated carbocycles. The lowest BCUT2D eigenvalue weighted by Crippen LogP contribution is -2.14. The Kier molecular flexibility index (Phi) is 4.86. The fraction of sp³-hybridized carbons (Fsp3) is 0.111. The fourth-order valence-corrected chi connectivity index (χ4v) is 2.95. The third-order valence-electron chi connectivity index (χ3n) is 3.39. The second kappa shape index (κ2) is 7.23. The van der Waals surface area contributed by atoms with E-state index in [-0.39, 0.29) is 18.1 Å². The van der Waals surface area contributed by atoms with Crippen LogP contribution in [0.1, 0.15) is 5.56 Å². The van der Waals surface area contributed by atoms with Gasteiger partial charge in [-0.15, -0.1) is 11.3 Å². The van der Waals surface area contributed by atoms with Gasteiger partial charge in [0.15, 0.2) is 5.13 Å². The molecule has 122 valence electrons. The third kappa shape index (κ3) is 3.97. The highest BCUT2D eigenvalue weighted by molar-refractivity contribution is 7.14. The van der Waals surface area contributed by atoms with Gasteiger partial charge in [-0.05, 0) is 42.0 Å². The van der Waals surface area contributed by atoms with Crippen LogP contribution >= 0.6 is 11.3 Å². The van der Waals surface area contributed by atoms with Crippen molar-refractivity contribution in [3.63, 3.8) is 0 Å². The number of amides is 1. The van der Waals surface area contributed by atoms with E-state index >= 15 is 0 Å². The number of benzene rings is 2. The van der Waals surface area contributed by atoms with E-state index < -0.39 is 0 Å². The van der Waals surface area contributed by atoms with Gasteiger partial charge in [0.2, 0.25) is 5.91 Å². The molecule has 0 radical (unpaired) electrons. The molecule has 0 fully saturated rings. The zero-order chi connectivity index (χ0) is 16.9. The molecule has 0 aliphatic heterocycles. The molecule has 3 rings (SSSR count). The van der Waals surface area contributed by atoms with Crippen LogP contribution in [-0.4, -0.2) is 18.0 Å². The first-order valence-corrected chi connectivity index (χ1v) is 8.16. The van der Waals surface area contributed by atoms with Gasteiger partial charge in [-0.1, -0.05) is 12.1 Å².